The lowest BCUT2D eigenvalue weighted by Crippen LogP contribution is -2.30. The maximum absolute atomic E-state index is 6.50. The molecule has 1 aromatic carbocycles. The largest absolute Gasteiger partial charge is 0.330 e. The van der Waals surface area contributed by atoms with Gasteiger partial charge in [-0.2, -0.15) is 0 Å². The van der Waals surface area contributed by atoms with Gasteiger partial charge in [0, 0.05) is 12.1 Å². The lowest BCUT2D eigenvalue weighted by molar-refractivity contribution is 0.443. The quantitative estimate of drug-likeness (QED) is 0.203. The minimum Gasteiger partial charge on any atom is -0.330 e. The maximum atomic E-state index is 6.50. The van der Waals surface area contributed by atoms with Crippen LogP contribution in [0.3, 0.4) is 0 Å². The molecule has 2 unspecified atom stereocenters. The normalized spacial score (nSPS) is 16.9. The highest BCUT2D eigenvalue weighted by Gasteiger charge is 2.18. The van der Waals surface area contributed by atoms with Gasteiger partial charge in [-0.1, -0.05) is 37.5 Å². The Balaban J connectivity index is 1.95. The SMILES string of the molecule is NCCCNCCC(N)Cc1cc(CC(N)CCNCCCN)cc(C2CCCCC2)c1. The number of benzene rings is 1. The van der Waals surface area contributed by atoms with Crippen molar-refractivity contribution in [3.8, 4) is 0 Å². The van der Waals surface area contributed by atoms with Crippen LogP contribution in [0.5, 0.6) is 0 Å². The fourth-order valence-electron chi connectivity index (χ4n) is 4.79. The third kappa shape index (κ3) is 11.2. The smallest absolute Gasteiger partial charge is 0.00914 e. The number of rotatable bonds is 17. The van der Waals surface area contributed by atoms with Gasteiger partial charge in [0.15, 0.2) is 0 Å². The molecule has 6 nitrogen and oxygen atoms in total. The predicted molar refractivity (Wildman–Crippen MR) is 138 cm³/mol. The molecule has 0 aromatic heterocycles. The number of nitrogens with one attached hydrogen (secondary N) is 2. The summed E-state index contributed by atoms with van der Waals surface area (Å²) < 4.78 is 0. The van der Waals surface area contributed by atoms with E-state index >= 15 is 0 Å². The first-order valence-corrected chi connectivity index (χ1v) is 13.1. The first-order valence-electron chi connectivity index (χ1n) is 13.1. The minimum atomic E-state index is 0.176. The van der Waals surface area contributed by atoms with Gasteiger partial charge in [0.05, 0.1) is 0 Å². The van der Waals surface area contributed by atoms with Crippen LogP contribution in [0.4, 0.5) is 0 Å². The van der Waals surface area contributed by atoms with Crippen LogP contribution in [0.25, 0.3) is 0 Å². The highest BCUT2D eigenvalue weighted by atomic mass is 14.9. The standard InChI is InChI=1S/C26H50N6/c27-10-4-12-31-14-8-25(29)19-21-16-22(20-26(30)9-15-32-13-5-11-28)18-24(17-21)23-6-2-1-3-7-23/h16-18,23,25-26,31-32H,1-15,19-20,27-30H2. The van der Waals surface area contributed by atoms with Gasteiger partial charge < -0.3 is 33.6 Å². The van der Waals surface area contributed by atoms with Crippen molar-refractivity contribution >= 4 is 0 Å². The van der Waals surface area contributed by atoms with Crippen LogP contribution in [0.15, 0.2) is 18.2 Å². The molecule has 0 amide bonds. The van der Waals surface area contributed by atoms with Crippen molar-refractivity contribution in [1.29, 1.82) is 0 Å². The molecule has 0 radical (unpaired) electrons. The maximum Gasteiger partial charge on any atom is 0.00914 e. The highest BCUT2D eigenvalue weighted by molar-refractivity contribution is 5.34. The van der Waals surface area contributed by atoms with E-state index in [0.717, 1.165) is 77.8 Å². The van der Waals surface area contributed by atoms with E-state index in [1.807, 2.05) is 0 Å². The molecular formula is C26H50N6. The van der Waals surface area contributed by atoms with E-state index in [2.05, 4.69) is 28.8 Å². The molecule has 10 N–H and O–H groups in total. The molecular weight excluding hydrogens is 396 g/mol. The van der Waals surface area contributed by atoms with Gasteiger partial charge in [0.25, 0.3) is 0 Å². The monoisotopic (exact) mass is 446 g/mol. The Hall–Kier alpha value is -1.02. The molecule has 6 heteroatoms. The molecule has 2 atom stereocenters. The molecule has 0 aliphatic heterocycles. The summed E-state index contributed by atoms with van der Waals surface area (Å²) in [6, 6.07) is 7.57. The molecule has 1 fully saturated rings. The van der Waals surface area contributed by atoms with E-state index in [9.17, 15) is 0 Å². The molecule has 0 bridgehead atoms. The van der Waals surface area contributed by atoms with Crippen LogP contribution < -0.4 is 33.6 Å². The van der Waals surface area contributed by atoms with Crippen molar-refractivity contribution in [3.05, 3.63) is 34.9 Å². The minimum absolute atomic E-state index is 0.176. The van der Waals surface area contributed by atoms with Crippen molar-refractivity contribution in [2.75, 3.05) is 39.3 Å². The Morgan fingerprint density at radius 1 is 0.719 bits per heavy atom. The second-order valence-electron chi connectivity index (χ2n) is 9.71. The van der Waals surface area contributed by atoms with Gasteiger partial charge in [-0.3, -0.25) is 0 Å². The fraction of sp³-hybridized carbons (Fsp3) is 0.769. The van der Waals surface area contributed by atoms with Crippen LogP contribution in [0.2, 0.25) is 0 Å². The molecule has 32 heavy (non-hydrogen) atoms. The van der Waals surface area contributed by atoms with Crippen molar-refractivity contribution in [1.82, 2.24) is 10.6 Å². The van der Waals surface area contributed by atoms with Gasteiger partial charge in [-0.15, -0.1) is 0 Å². The zero-order chi connectivity index (χ0) is 23.0. The van der Waals surface area contributed by atoms with Crippen molar-refractivity contribution in [2.45, 2.75) is 88.6 Å². The Labute approximate surface area is 196 Å². The lowest BCUT2D eigenvalue weighted by atomic mass is 9.82. The zero-order valence-corrected chi connectivity index (χ0v) is 20.3. The molecule has 184 valence electrons. The molecule has 1 aliphatic rings. The molecule has 1 saturated carbocycles. The van der Waals surface area contributed by atoms with E-state index in [1.165, 1.54) is 48.8 Å². The van der Waals surface area contributed by atoms with Crippen LogP contribution >= 0.6 is 0 Å². The topological polar surface area (TPSA) is 128 Å². The summed E-state index contributed by atoms with van der Waals surface area (Å²) in [5.74, 6) is 0.700. The molecule has 1 aromatic rings. The van der Waals surface area contributed by atoms with Crippen LogP contribution in [0.1, 0.15) is 80.4 Å². The van der Waals surface area contributed by atoms with Crippen molar-refractivity contribution < 1.29 is 0 Å². The lowest BCUT2D eigenvalue weighted by Gasteiger charge is -2.24. The Bertz CT molecular complexity index is 562. The predicted octanol–water partition coefficient (Wildman–Crippen LogP) is 2.13. The Morgan fingerprint density at radius 2 is 1.22 bits per heavy atom. The van der Waals surface area contributed by atoms with E-state index in [-0.39, 0.29) is 12.1 Å². The third-order valence-corrected chi connectivity index (χ3v) is 6.65. The van der Waals surface area contributed by atoms with Gasteiger partial charge in [0.2, 0.25) is 0 Å². The Morgan fingerprint density at radius 3 is 1.69 bits per heavy atom. The average molecular weight is 447 g/mol. The molecule has 0 heterocycles. The Kier molecular flexibility index (Phi) is 14.1. The average Bonchev–Trinajstić information content (AvgIpc) is 2.79. The summed E-state index contributed by atoms with van der Waals surface area (Å²) >= 11 is 0. The van der Waals surface area contributed by atoms with Crippen molar-refractivity contribution in [2.24, 2.45) is 22.9 Å². The first-order chi connectivity index (χ1) is 15.6. The van der Waals surface area contributed by atoms with E-state index in [1.54, 1.807) is 0 Å². The molecule has 0 saturated heterocycles. The van der Waals surface area contributed by atoms with Crippen LogP contribution in [-0.2, 0) is 12.8 Å². The second kappa shape index (κ2) is 16.6. The summed E-state index contributed by atoms with van der Waals surface area (Å²) in [6.45, 7) is 5.34. The van der Waals surface area contributed by atoms with E-state index in [0.29, 0.717) is 5.92 Å². The zero-order valence-electron chi connectivity index (χ0n) is 20.3. The van der Waals surface area contributed by atoms with Crippen molar-refractivity contribution in [3.63, 3.8) is 0 Å². The van der Waals surface area contributed by atoms with E-state index in [4.69, 9.17) is 22.9 Å². The third-order valence-electron chi connectivity index (χ3n) is 6.65. The summed E-state index contributed by atoms with van der Waals surface area (Å²) in [7, 11) is 0. The van der Waals surface area contributed by atoms with Crippen LogP contribution in [0, 0.1) is 0 Å². The summed E-state index contributed by atoms with van der Waals surface area (Å²) in [5, 5.41) is 6.89. The number of hydrogen-bond donors (Lipinski definition) is 6. The molecule has 0 spiro atoms. The van der Waals surface area contributed by atoms with Gasteiger partial charge in [-0.05, 0) is 113 Å². The first kappa shape index (κ1) is 27.2. The summed E-state index contributed by atoms with van der Waals surface area (Å²) in [6.07, 6.45) is 12.6. The molecule has 1 aliphatic carbocycles. The molecule has 2 rings (SSSR count). The fourth-order valence-corrected chi connectivity index (χ4v) is 4.79. The highest BCUT2D eigenvalue weighted by Crippen LogP contribution is 2.34. The second-order valence-corrected chi connectivity index (χ2v) is 9.71. The number of nitrogens with two attached hydrogens (primary N) is 4. The summed E-state index contributed by atoms with van der Waals surface area (Å²) in [5.41, 5.74) is 28.4. The van der Waals surface area contributed by atoms with Crippen LogP contribution in [-0.4, -0.2) is 51.4 Å². The van der Waals surface area contributed by atoms with Gasteiger partial charge in [0.1, 0.15) is 0 Å². The number of hydrogen-bond acceptors (Lipinski definition) is 6. The summed E-state index contributed by atoms with van der Waals surface area (Å²) in [4.78, 5) is 0. The van der Waals surface area contributed by atoms with Gasteiger partial charge in [-0.25, -0.2) is 0 Å². The van der Waals surface area contributed by atoms with Gasteiger partial charge >= 0.3 is 0 Å². The van der Waals surface area contributed by atoms with E-state index < -0.39 is 0 Å².